The number of amides is 1. The molecule has 1 aliphatic rings. The van der Waals surface area contributed by atoms with Crippen molar-refractivity contribution in [1.29, 1.82) is 0 Å². The van der Waals surface area contributed by atoms with Crippen LogP contribution >= 0.6 is 0 Å². The van der Waals surface area contributed by atoms with Crippen LogP contribution in [0.2, 0.25) is 0 Å². The number of benzene rings is 2. The Bertz CT molecular complexity index is 1420. The third kappa shape index (κ3) is 3.06. The highest BCUT2D eigenvalue weighted by Crippen LogP contribution is 2.41. The van der Waals surface area contributed by atoms with Gasteiger partial charge in [0.2, 0.25) is 5.76 Å². The number of carbonyl (C=O) groups excluding carboxylic acids is 1. The van der Waals surface area contributed by atoms with Gasteiger partial charge >= 0.3 is 0 Å². The number of hydrogen-bond donors (Lipinski definition) is 0. The van der Waals surface area contributed by atoms with Crippen molar-refractivity contribution >= 4 is 22.7 Å². The Morgan fingerprint density at radius 1 is 0.969 bits per heavy atom. The van der Waals surface area contributed by atoms with Gasteiger partial charge in [-0.3, -0.25) is 14.5 Å². The van der Waals surface area contributed by atoms with Crippen LogP contribution in [0.25, 0.3) is 11.0 Å². The van der Waals surface area contributed by atoms with Crippen LogP contribution in [0, 0.1) is 13.8 Å². The molecule has 6 heteroatoms. The summed E-state index contributed by atoms with van der Waals surface area (Å²) in [6.45, 7) is 10.1. The second kappa shape index (κ2) is 6.92. The average Bonchev–Trinajstić information content (AvgIpc) is 3.29. The molecule has 0 spiro atoms. The van der Waals surface area contributed by atoms with E-state index in [1.807, 2.05) is 37.3 Å². The van der Waals surface area contributed by atoms with Crippen molar-refractivity contribution in [3.63, 3.8) is 0 Å². The molecule has 3 heterocycles. The first-order valence-electron chi connectivity index (χ1n) is 10.6. The lowest BCUT2D eigenvalue weighted by Crippen LogP contribution is -2.29. The fourth-order valence-corrected chi connectivity index (χ4v) is 4.27. The summed E-state index contributed by atoms with van der Waals surface area (Å²) in [6.07, 6.45) is 0. The first-order chi connectivity index (χ1) is 15.1. The van der Waals surface area contributed by atoms with Crippen LogP contribution in [-0.2, 0) is 5.41 Å². The minimum atomic E-state index is -0.655. The summed E-state index contributed by atoms with van der Waals surface area (Å²) >= 11 is 0. The molecule has 0 saturated carbocycles. The van der Waals surface area contributed by atoms with Gasteiger partial charge in [0.05, 0.1) is 17.0 Å². The van der Waals surface area contributed by atoms with Gasteiger partial charge in [-0.15, -0.1) is 0 Å². The number of carbonyl (C=O) groups is 1. The van der Waals surface area contributed by atoms with Crippen molar-refractivity contribution in [3.05, 3.63) is 92.5 Å². The summed E-state index contributed by atoms with van der Waals surface area (Å²) in [5.74, 6) is 0.573. The molecular weight excluding hydrogens is 404 g/mol. The average molecular weight is 428 g/mol. The van der Waals surface area contributed by atoms with Crippen molar-refractivity contribution in [2.75, 3.05) is 4.90 Å². The third-order valence-corrected chi connectivity index (χ3v) is 5.98. The second-order valence-electron chi connectivity index (χ2n) is 9.42. The molecule has 1 amide bonds. The maximum absolute atomic E-state index is 13.6. The zero-order valence-electron chi connectivity index (χ0n) is 18.7. The number of hydrogen-bond acceptors (Lipinski definition) is 5. The normalized spacial score (nSPS) is 16.1. The largest absolute Gasteiger partial charge is 0.450 e. The van der Waals surface area contributed by atoms with Crippen LogP contribution in [-0.4, -0.2) is 11.1 Å². The Kier molecular flexibility index (Phi) is 4.38. The van der Waals surface area contributed by atoms with E-state index in [2.05, 4.69) is 25.9 Å². The van der Waals surface area contributed by atoms with Gasteiger partial charge in [0.1, 0.15) is 11.3 Å². The molecule has 0 radical (unpaired) electrons. The quantitative estimate of drug-likeness (QED) is 0.425. The van der Waals surface area contributed by atoms with E-state index in [4.69, 9.17) is 8.94 Å². The number of aromatic nitrogens is 1. The van der Waals surface area contributed by atoms with E-state index in [0.717, 1.165) is 16.7 Å². The van der Waals surface area contributed by atoms with Crippen LogP contribution in [0.5, 0.6) is 0 Å². The van der Waals surface area contributed by atoms with Gasteiger partial charge in [0.25, 0.3) is 5.91 Å². The number of aryl methyl sites for hydroxylation is 2. The molecule has 1 aliphatic heterocycles. The van der Waals surface area contributed by atoms with E-state index < -0.39 is 11.9 Å². The lowest BCUT2D eigenvalue weighted by Gasteiger charge is -2.24. The van der Waals surface area contributed by atoms with E-state index in [0.29, 0.717) is 28.1 Å². The van der Waals surface area contributed by atoms with Gasteiger partial charge < -0.3 is 8.94 Å². The first kappa shape index (κ1) is 20.2. The zero-order valence-corrected chi connectivity index (χ0v) is 18.7. The number of nitrogens with zero attached hydrogens (tertiary/aromatic N) is 2. The van der Waals surface area contributed by atoms with E-state index in [9.17, 15) is 9.59 Å². The fourth-order valence-electron chi connectivity index (χ4n) is 4.27. The van der Waals surface area contributed by atoms with Crippen LogP contribution in [0.3, 0.4) is 0 Å². The number of fused-ring (bicyclic) bond motifs is 2. The monoisotopic (exact) mass is 428 g/mol. The third-order valence-electron chi connectivity index (χ3n) is 5.98. The highest BCUT2D eigenvalue weighted by molar-refractivity contribution is 6.10. The molecular formula is C26H24N2O4. The van der Waals surface area contributed by atoms with Crippen molar-refractivity contribution < 1.29 is 13.7 Å². The Hall–Kier alpha value is -3.67. The van der Waals surface area contributed by atoms with Gasteiger partial charge in [-0.2, -0.15) is 0 Å². The standard InChI is InChI=1S/C26H24N2O4/c1-14-6-11-19-18(12-14)23(29)21-22(16-7-9-17(10-8-16)26(3,4)5)28(25(30)24(21)31-19)20-13-15(2)32-27-20/h6-13,22H,1-5H3. The molecule has 32 heavy (non-hydrogen) atoms. The SMILES string of the molecule is Cc1ccc2oc3c(c(=O)c2c1)C(c1ccc(C(C)(C)C)cc1)N(c1cc(C)on1)C3=O. The second-order valence-corrected chi connectivity index (χ2v) is 9.42. The number of rotatable bonds is 2. The Labute approximate surface area is 185 Å². The van der Waals surface area contributed by atoms with E-state index in [-0.39, 0.29) is 16.6 Å². The highest BCUT2D eigenvalue weighted by atomic mass is 16.5. The molecule has 0 aliphatic carbocycles. The molecule has 5 rings (SSSR count). The fraction of sp³-hybridized carbons (Fsp3) is 0.269. The lowest BCUT2D eigenvalue weighted by atomic mass is 9.86. The van der Waals surface area contributed by atoms with Crippen molar-refractivity contribution in [3.8, 4) is 0 Å². The molecule has 2 aromatic carbocycles. The molecule has 6 nitrogen and oxygen atoms in total. The topological polar surface area (TPSA) is 76.6 Å². The highest BCUT2D eigenvalue weighted by Gasteiger charge is 2.45. The van der Waals surface area contributed by atoms with E-state index >= 15 is 0 Å². The predicted molar refractivity (Wildman–Crippen MR) is 122 cm³/mol. The molecule has 4 aromatic rings. The molecule has 1 unspecified atom stereocenters. The van der Waals surface area contributed by atoms with Crippen molar-refractivity contribution in [2.24, 2.45) is 0 Å². The maximum atomic E-state index is 13.6. The number of anilines is 1. The molecule has 0 bridgehead atoms. The predicted octanol–water partition coefficient (Wildman–Crippen LogP) is 5.45. The van der Waals surface area contributed by atoms with Crippen LogP contribution in [0.15, 0.2) is 62.3 Å². The summed E-state index contributed by atoms with van der Waals surface area (Å²) in [5, 5.41) is 4.53. The van der Waals surface area contributed by atoms with Crippen LogP contribution in [0.4, 0.5) is 5.82 Å². The van der Waals surface area contributed by atoms with Crippen molar-refractivity contribution in [2.45, 2.75) is 46.1 Å². The van der Waals surface area contributed by atoms with Crippen molar-refractivity contribution in [1.82, 2.24) is 5.16 Å². The van der Waals surface area contributed by atoms with Crippen LogP contribution < -0.4 is 10.3 Å². The minimum Gasteiger partial charge on any atom is -0.450 e. The molecule has 0 saturated heterocycles. The van der Waals surface area contributed by atoms with Gasteiger partial charge in [0, 0.05) is 6.07 Å². The first-order valence-corrected chi connectivity index (χ1v) is 10.6. The summed E-state index contributed by atoms with van der Waals surface area (Å²) < 4.78 is 11.2. The summed E-state index contributed by atoms with van der Waals surface area (Å²) in [5.41, 5.74) is 3.43. The summed E-state index contributed by atoms with van der Waals surface area (Å²) in [7, 11) is 0. The molecule has 162 valence electrons. The van der Waals surface area contributed by atoms with Gasteiger partial charge in [-0.25, -0.2) is 0 Å². The summed E-state index contributed by atoms with van der Waals surface area (Å²) in [4.78, 5) is 28.6. The smallest absolute Gasteiger partial charge is 0.296 e. The van der Waals surface area contributed by atoms with E-state index in [1.54, 1.807) is 25.1 Å². The van der Waals surface area contributed by atoms with Crippen LogP contribution in [0.1, 0.15) is 65.4 Å². The molecule has 0 N–H and O–H groups in total. The molecule has 0 fully saturated rings. The maximum Gasteiger partial charge on any atom is 0.296 e. The minimum absolute atomic E-state index is 0.0163. The van der Waals surface area contributed by atoms with Gasteiger partial charge in [-0.1, -0.05) is 61.8 Å². The zero-order chi connectivity index (χ0) is 22.8. The Morgan fingerprint density at radius 2 is 1.69 bits per heavy atom. The molecule has 2 aromatic heterocycles. The Balaban J connectivity index is 1.77. The van der Waals surface area contributed by atoms with Gasteiger partial charge in [-0.05, 0) is 42.5 Å². The summed E-state index contributed by atoms with van der Waals surface area (Å²) in [6, 6.07) is 14.4. The molecule has 1 atom stereocenters. The lowest BCUT2D eigenvalue weighted by molar-refractivity contribution is 0.0969. The Morgan fingerprint density at radius 3 is 2.31 bits per heavy atom. The van der Waals surface area contributed by atoms with Gasteiger partial charge in [0.15, 0.2) is 11.2 Å². The van der Waals surface area contributed by atoms with E-state index in [1.165, 1.54) is 4.90 Å².